The van der Waals surface area contributed by atoms with Gasteiger partial charge in [-0.3, -0.25) is 0 Å². The van der Waals surface area contributed by atoms with Crippen LogP contribution in [0, 0.1) is 11.3 Å². The van der Waals surface area contributed by atoms with Crippen molar-refractivity contribution in [2.24, 2.45) is 0 Å². The number of carbonyl (C=O) groups excluding carboxylic acids is 1. The summed E-state index contributed by atoms with van der Waals surface area (Å²) in [5.74, 6) is 0.634. The number of benzene rings is 3. The van der Waals surface area contributed by atoms with Gasteiger partial charge in [0.25, 0.3) is 0 Å². The van der Waals surface area contributed by atoms with Gasteiger partial charge in [-0.15, -0.1) is 0 Å². The molecule has 28 heavy (non-hydrogen) atoms. The van der Waals surface area contributed by atoms with E-state index in [1.165, 1.54) is 6.07 Å². The lowest BCUT2D eigenvalue weighted by molar-refractivity contribution is -0.136. The van der Waals surface area contributed by atoms with E-state index in [0.717, 1.165) is 11.1 Å². The molecule has 5 nitrogen and oxygen atoms in total. The van der Waals surface area contributed by atoms with Crippen LogP contribution in [-0.2, 0) is 4.79 Å². The summed E-state index contributed by atoms with van der Waals surface area (Å²) in [5, 5.41) is 9.00. The van der Waals surface area contributed by atoms with Crippen molar-refractivity contribution >= 4 is 5.97 Å². The summed E-state index contributed by atoms with van der Waals surface area (Å²) in [7, 11) is 0. The first-order valence-corrected chi connectivity index (χ1v) is 8.86. The van der Waals surface area contributed by atoms with Crippen LogP contribution in [0.5, 0.6) is 17.2 Å². The SMILES string of the molecule is CCOc1cc(C#N)ccc1OC(=O)COc1ccccc1-c1ccccc1. The minimum Gasteiger partial charge on any atom is -0.490 e. The third-order valence-corrected chi connectivity index (χ3v) is 3.91. The van der Waals surface area contributed by atoms with Crippen LogP contribution in [0.1, 0.15) is 12.5 Å². The van der Waals surface area contributed by atoms with Crippen molar-refractivity contribution in [1.82, 2.24) is 0 Å². The molecule has 0 unspecified atom stereocenters. The van der Waals surface area contributed by atoms with Crippen LogP contribution in [-0.4, -0.2) is 19.2 Å². The van der Waals surface area contributed by atoms with E-state index in [1.54, 1.807) is 12.1 Å². The summed E-state index contributed by atoms with van der Waals surface area (Å²) in [6.45, 7) is 1.95. The number of nitriles is 1. The maximum atomic E-state index is 12.3. The lowest BCUT2D eigenvalue weighted by atomic mass is 10.1. The van der Waals surface area contributed by atoms with Gasteiger partial charge in [0, 0.05) is 11.6 Å². The van der Waals surface area contributed by atoms with E-state index < -0.39 is 5.97 Å². The van der Waals surface area contributed by atoms with E-state index >= 15 is 0 Å². The number of carbonyl (C=O) groups is 1. The van der Waals surface area contributed by atoms with Crippen molar-refractivity contribution in [3.8, 4) is 34.4 Å². The van der Waals surface area contributed by atoms with Crippen molar-refractivity contribution in [2.75, 3.05) is 13.2 Å². The Morgan fingerprint density at radius 2 is 1.64 bits per heavy atom. The van der Waals surface area contributed by atoms with Crippen LogP contribution in [0.15, 0.2) is 72.8 Å². The Morgan fingerprint density at radius 3 is 2.39 bits per heavy atom. The van der Waals surface area contributed by atoms with Gasteiger partial charge in [-0.25, -0.2) is 4.79 Å². The first kappa shape index (κ1) is 19.0. The Hall–Kier alpha value is -3.78. The fourth-order valence-electron chi connectivity index (χ4n) is 2.67. The molecule has 5 heteroatoms. The molecule has 0 spiro atoms. The normalized spacial score (nSPS) is 10.0. The summed E-state index contributed by atoms with van der Waals surface area (Å²) in [6.07, 6.45) is 0. The second-order valence-corrected chi connectivity index (χ2v) is 5.83. The Labute approximate surface area is 163 Å². The molecule has 0 aliphatic rings. The highest BCUT2D eigenvalue weighted by atomic mass is 16.6. The zero-order valence-electron chi connectivity index (χ0n) is 15.4. The molecule has 0 bridgehead atoms. The molecule has 0 fully saturated rings. The predicted octanol–water partition coefficient (Wildman–Crippen LogP) is 4.61. The number of esters is 1. The average molecular weight is 373 g/mol. The molecule has 0 amide bonds. The van der Waals surface area contributed by atoms with Gasteiger partial charge in [0.1, 0.15) is 5.75 Å². The molecule has 0 aliphatic carbocycles. The Balaban J connectivity index is 1.70. The monoisotopic (exact) mass is 373 g/mol. The van der Waals surface area contributed by atoms with Crippen LogP contribution < -0.4 is 14.2 Å². The van der Waals surface area contributed by atoms with Crippen LogP contribution in [0.2, 0.25) is 0 Å². The van der Waals surface area contributed by atoms with Crippen LogP contribution in [0.3, 0.4) is 0 Å². The van der Waals surface area contributed by atoms with Gasteiger partial charge < -0.3 is 14.2 Å². The molecule has 0 aliphatic heterocycles. The van der Waals surface area contributed by atoms with Crippen LogP contribution in [0.4, 0.5) is 0 Å². The van der Waals surface area contributed by atoms with E-state index in [-0.39, 0.29) is 12.4 Å². The number of hydrogen-bond acceptors (Lipinski definition) is 5. The van der Waals surface area contributed by atoms with Gasteiger partial charge in [-0.1, -0.05) is 48.5 Å². The van der Waals surface area contributed by atoms with E-state index in [2.05, 4.69) is 0 Å². The van der Waals surface area contributed by atoms with Gasteiger partial charge in [0.05, 0.1) is 18.2 Å². The summed E-state index contributed by atoms with van der Waals surface area (Å²) in [4.78, 5) is 12.3. The van der Waals surface area contributed by atoms with Gasteiger partial charge in [-0.2, -0.15) is 5.26 Å². The summed E-state index contributed by atoms with van der Waals surface area (Å²) < 4.78 is 16.5. The maximum absolute atomic E-state index is 12.3. The smallest absolute Gasteiger partial charge is 0.349 e. The molecule has 0 radical (unpaired) electrons. The molecule has 140 valence electrons. The van der Waals surface area contributed by atoms with Crippen LogP contribution >= 0.6 is 0 Å². The van der Waals surface area contributed by atoms with E-state index in [9.17, 15) is 4.79 Å². The molecule has 0 N–H and O–H groups in total. The van der Waals surface area contributed by atoms with E-state index in [1.807, 2.05) is 67.6 Å². The summed E-state index contributed by atoms with van der Waals surface area (Å²) in [5.41, 5.74) is 2.32. The number of para-hydroxylation sites is 1. The van der Waals surface area contributed by atoms with Gasteiger partial charge in [0.2, 0.25) is 0 Å². The van der Waals surface area contributed by atoms with E-state index in [4.69, 9.17) is 19.5 Å². The van der Waals surface area contributed by atoms with Crippen molar-refractivity contribution in [2.45, 2.75) is 6.92 Å². The minimum atomic E-state index is -0.562. The molecule has 0 heterocycles. The van der Waals surface area contributed by atoms with Crippen molar-refractivity contribution in [1.29, 1.82) is 5.26 Å². The number of hydrogen-bond donors (Lipinski definition) is 0. The number of nitrogens with zero attached hydrogens (tertiary/aromatic N) is 1. The molecule has 0 saturated carbocycles. The van der Waals surface area contributed by atoms with E-state index in [0.29, 0.717) is 23.7 Å². The largest absolute Gasteiger partial charge is 0.490 e. The fourth-order valence-corrected chi connectivity index (χ4v) is 2.67. The zero-order chi connectivity index (χ0) is 19.8. The van der Waals surface area contributed by atoms with Crippen LogP contribution in [0.25, 0.3) is 11.1 Å². The minimum absolute atomic E-state index is 0.255. The Kier molecular flexibility index (Phi) is 6.27. The van der Waals surface area contributed by atoms with Gasteiger partial charge in [0.15, 0.2) is 18.1 Å². The Morgan fingerprint density at radius 1 is 0.893 bits per heavy atom. The second kappa shape index (κ2) is 9.24. The number of ether oxygens (including phenoxy) is 3. The standard InChI is InChI=1S/C23H19NO4/c1-2-26-22-14-17(15-24)12-13-21(22)28-23(25)16-27-20-11-7-6-10-19(20)18-8-4-3-5-9-18/h3-14H,2,16H2,1H3. The highest BCUT2D eigenvalue weighted by molar-refractivity contribution is 5.76. The maximum Gasteiger partial charge on any atom is 0.349 e. The first-order valence-electron chi connectivity index (χ1n) is 8.86. The highest BCUT2D eigenvalue weighted by Crippen LogP contribution is 2.30. The second-order valence-electron chi connectivity index (χ2n) is 5.83. The topological polar surface area (TPSA) is 68.5 Å². The molecule has 3 aromatic carbocycles. The average Bonchev–Trinajstić information content (AvgIpc) is 2.74. The first-order chi connectivity index (χ1) is 13.7. The van der Waals surface area contributed by atoms with Gasteiger partial charge in [-0.05, 0) is 30.7 Å². The fraction of sp³-hybridized carbons (Fsp3) is 0.130. The van der Waals surface area contributed by atoms with Crippen molar-refractivity contribution < 1.29 is 19.0 Å². The van der Waals surface area contributed by atoms with Crippen molar-refractivity contribution in [3.63, 3.8) is 0 Å². The molecule has 3 rings (SSSR count). The quantitative estimate of drug-likeness (QED) is 0.447. The molecular weight excluding hydrogens is 354 g/mol. The summed E-state index contributed by atoms with van der Waals surface area (Å²) >= 11 is 0. The third-order valence-electron chi connectivity index (χ3n) is 3.91. The highest BCUT2D eigenvalue weighted by Gasteiger charge is 2.13. The molecular formula is C23H19NO4. The zero-order valence-corrected chi connectivity index (χ0v) is 15.4. The lowest BCUT2D eigenvalue weighted by Gasteiger charge is -2.13. The third kappa shape index (κ3) is 4.68. The van der Waals surface area contributed by atoms with Gasteiger partial charge >= 0.3 is 5.97 Å². The summed E-state index contributed by atoms with van der Waals surface area (Å²) in [6, 6.07) is 24.0. The molecule has 0 atom stereocenters. The van der Waals surface area contributed by atoms with Crippen molar-refractivity contribution in [3.05, 3.63) is 78.4 Å². The molecule has 3 aromatic rings. The Bertz CT molecular complexity index is 993. The lowest BCUT2D eigenvalue weighted by Crippen LogP contribution is -2.18. The molecule has 0 saturated heterocycles. The predicted molar refractivity (Wildman–Crippen MR) is 105 cm³/mol. The number of rotatable bonds is 7. The molecule has 0 aromatic heterocycles.